The molecule has 0 aromatic rings. The van der Waals surface area contributed by atoms with Gasteiger partial charge in [0.2, 0.25) is 0 Å². The van der Waals surface area contributed by atoms with Crippen molar-refractivity contribution in [2.45, 2.75) is 0 Å². The minimum Gasteiger partial charge on any atom is -0.822 e. The molecule has 0 spiro atoms. The Morgan fingerprint density at radius 2 is 1.14 bits per heavy atom. The summed E-state index contributed by atoms with van der Waals surface area (Å²) >= 11 is 0. The van der Waals surface area contributed by atoms with Crippen molar-refractivity contribution in [3.63, 3.8) is 0 Å². The Morgan fingerprint density at radius 1 is 1.14 bits per heavy atom. The number of hydrogen-bond acceptors (Lipinski definition) is 4. The summed E-state index contributed by atoms with van der Waals surface area (Å²) in [4.78, 5) is 25.6. The Balaban J connectivity index is -0.0000000800. The van der Waals surface area contributed by atoms with Crippen molar-refractivity contribution in [1.29, 1.82) is 0 Å². The molecule has 0 N–H and O–H groups in total. The quantitative estimate of drug-likeness (QED) is 0.430. The van der Waals surface area contributed by atoms with Gasteiger partial charge >= 0.3 is 43.0 Å². The molecule has 41 valence electrons. The second-order valence-corrected chi connectivity index (χ2v) is 1.34. The SMILES string of the molecule is O=P([O-])([O-])[O-].[Co+2].[Zr+2]. The second-order valence-electron chi connectivity index (χ2n) is 0.447. The first kappa shape index (κ1) is 15.8. The molecular weight excluding hydrogens is 245 g/mol. The maximum absolute atomic E-state index is 8.55. The largest absolute Gasteiger partial charge is 2.00 e. The van der Waals surface area contributed by atoms with Gasteiger partial charge in [0.05, 0.1) is 0 Å². The first-order valence-corrected chi connectivity index (χ1v) is 2.19. The molecule has 0 aliphatic carbocycles. The van der Waals surface area contributed by atoms with Crippen LogP contribution in [0.15, 0.2) is 0 Å². The number of hydrogen-bond donors (Lipinski definition) is 0. The van der Waals surface area contributed by atoms with E-state index in [4.69, 9.17) is 19.2 Å². The third kappa shape index (κ3) is 101. The molecular formula is CoO4PZr+. The minimum atomic E-state index is -5.39. The minimum absolute atomic E-state index is 0. The number of rotatable bonds is 0. The third-order valence-corrected chi connectivity index (χ3v) is 0. The molecule has 0 heterocycles. The molecule has 4 nitrogen and oxygen atoms in total. The van der Waals surface area contributed by atoms with E-state index >= 15 is 0 Å². The fourth-order valence-corrected chi connectivity index (χ4v) is 0. The topological polar surface area (TPSA) is 86.2 Å². The Labute approximate surface area is 69.9 Å². The van der Waals surface area contributed by atoms with E-state index in [1.807, 2.05) is 0 Å². The average Bonchev–Trinajstić information content (AvgIpc) is 0.722. The van der Waals surface area contributed by atoms with Gasteiger partial charge in [-0.3, -0.25) is 0 Å². The molecule has 0 fully saturated rings. The zero-order valence-corrected chi connectivity index (χ0v) is 7.31. The van der Waals surface area contributed by atoms with E-state index in [9.17, 15) is 0 Å². The van der Waals surface area contributed by atoms with Crippen LogP contribution >= 0.6 is 7.82 Å². The van der Waals surface area contributed by atoms with Crippen molar-refractivity contribution in [1.82, 2.24) is 0 Å². The van der Waals surface area contributed by atoms with E-state index in [-0.39, 0.29) is 43.0 Å². The summed E-state index contributed by atoms with van der Waals surface area (Å²) in [6, 6.07) is 0. The third-order valence-electron chi connectivity index (χ3n) is 0. The Morgan fingerprint density at radius 3 is 1.14 bits per heavy atom. The smallest absolute Gasteiger partial charge is 0.822 e. The van der Waals surface area contributed by atoms with E-state index in [1.165, 1.54) is 0 Å². The van der Waals surface area contributed by atoms with E-state index in [1.54, 1.807) is 0 Å². The van der Waals surface area contributed by atoms with Gasteiger partial charge < -0.3 is 19.2 Å². The molecule has 0 aromatic heterocycles. The molecule has 0 saturated heterocycles. The van der Waals surface area contributed by atoms with Crippen LogP contribution in [0.4, 0.5) is 0 Å². The Bertz CT molecular complexity index is 57.8. The van der Waals surface area contributed by atoms with E-state index < -0.39 is 7.82 Å². The maximum atomic E-state index is 8.55. The summed E-state index contributed by atoms with van der Waals surface area (Å²) in [5, 5.41) is 0. The molecule has 0 aromatic carbocycles. The Hall–Kier alpha value is 1.50. The van der Waals surface area contributed by atoms with Crippen LogP contribution in [0.2, 0.25) is 0 Å². The molecule has 7 heteroatoms. The van der Waals surface area contributed by atoms with E-state index in [0.29, 0.717) is 0 Å². The van der Waals surface area contributed by atoms with Gasteiger partial charge in [0, 0.05) is 0 Å². The molecule has 7 heavy (non-hydrogen) atoms. The zero-order valence-electron chi connectivity index (χ0n) is 2.91. The van der Waals surface area contributed by atoms with Crippen molar-refractivity contribution in [3.05, 3.63) is 0 Å². The van der Waals surface area contributed by atoms with Crippen LogP contribution in [-0.2, 0) is 47.5 Å². The van der Waals surface area contributed by atoms with E-state index in [2.05, 4.69) is 0 Å². The monoisotopic (exact) mass is 244 g/mol. The van der Waals surface area contributed by atoms with Crippen molar-refractivity contribution >= 4 is 7.82 Å². The molecule has 0 aliphatic rings. The number of phosphoric acid groups is 1. The summed E-state index contributed by atoms with van der Waals surface area (Å²) in [6.07, 6.45) is 0. The van der Waals surface area contributed by atoms with Gasteiger partial charge in [0.1, 0.15) is 0 Å². The van der Waals surface area contributed by atoms with Crippen LogP contribution < -0.4 is 14.7 Å². The molecule has 0 unspecified atom stereocenters. The summed E-state index contributed by atoms with van der Waals surface area (Å²) < 4.78 is 8.55. The van der Waals surface area contributed by atoms with Gasteiger partial charge in [-0.25, -0.2) is 0 Å². The summed E-state index contributed by atoms with van der Waals surface area (Å²) in [6.45, 7) is 0. The van der Waals surface area contributed by atoms with Crippen LogP contribution in [0.5, 0.6) is 0 Å². The first-order chi connectivity index (χ1) is 2.00. The maximum Gasteiger partial charge on any atom is 2.00 e. The zero-order chi connectivity index (χ0) is 4.50. The molecule has 0 aliphatic heterocycles. The molecule has 0 atom stereocenters. The van der Waals surface area contributed by atoms with E-state index in [0.717, 1.165) is 0 Å². The molecule has 1 radical (unpaired) electrons. The van der Waals surface area contributed by atoms with Crippen molar-refractivity contribution < 1.29 is 62.2 Å². The van der Waals surface area contributed by atoms with Crippen molar-refractivity contribution in [2.75, 3.05) is 0 Å². The van der Waals surface area contributed by atoms with Gasteiger partial charge in [-0.1, -0.05) is 0 Å². The van der Waals surface area contributed by atoms with Crippen molar-refractivity contribution in [3.8, 4) is 0 Å². The van der Waals surface area contributed by atoms with Gasteiger partial charge in [-0.2, -0.15) is 7.82 Å². The van der Waals surface area contributed by atoms with Gasteiger partial charge in [0.15, 0.2) is 0 Å². The predicted octanol–water partition coefficient (Wildman–Crippen LogP) is -2.83. The van der Waals surface area contributed by atoms with Crippen LogP contribution in [0, 0.1) is 0 Å². The van der Waals surface area contributed by atoms with Crippen LogP contribution in [0.25, 0.3) is 0 Å². The summed E-state index contributed by atoms with van der Waals surface area (Å²) in [7, 11) is -5.39. The van der Waals surface area contributed by atoms with Gasteiger partial charge in [-0.05, 0) is 0 Å². The molecule has 0 saturated carbocycles. The first-order valence-electron chi connectivity index (χ1n) is 0.730. The summed E-state index contributed by atoms with van der Waals surface area (Å²) in [5.41, 5.74) is 0. The average molecular weight is 245 g/mol. The van der Waals surface area contributed by atoms with Crippen LogP contribution in [0.1, 0.15) is 0 Å². The second kappa shape index (κ2) is 5.63. The molecule has 0 rings (SSSR count). The fourth-order valence-electron chi connectivity index (χ4n) is 0. The summed E-state index contributed by atoms with van der Waals surface area (Å²) in [5.74, 6) is 0. The molecule has 0 amide bonds. The van der Waals surface area contributed by atoms with Gasteiger partial charge in [-0.15, -0.1) is 0 Å². The fraction of sp³-hybridized carbons (Fsp3) is 0. The van der Waals surface area contributed by atoms with Gasteiger partial charge in [0.25, 0.3) is 0 Å². The standard InChI is InChI=1S/Co.H3O4P.Zr/c;1-5(2,3)4;/h;(H3,1,2,3,4);/q+2;;+2/p-3. The van der Waals surface area contributed by atoms with Crippen LogP contribution in [0.3, 0.4) is 0 Å². The molecule has 0 bridgehead atoms. The predicted molar refractivity (Wildman–Crippen MR) is 7.61 cm³/mol. The normalized spacial score (nSPS) is 8.43. The Kier molecular flexibility index (Phi) is 12.7. The van der Waals surface area contributed by atoms with Crippen LogP contribution in [-0.4, -0.2) is 0 Å². The van der Waals surface area contributed by atoms with Crippen molar-refractivity contribution in [2.24, 2.45) is 0 Å².